The smallest absolute Gasteiger partial charge is 0.326 e. The molecular formula is C18H27NO2. The lowest BCUT2D eigenvalue weighted by molar-refractivity contribution is -0.139. The summed E-state index contributed by atoms with van der Waals surface area (Å²) in [4.78, 5) is 14.0. The third-order valence-corrected chi connectivity index (χ3v) is 4.66. The van der Waals surface area contributed by atoms with Crippen LogP contribution in [-0.4, -0.2) is 22.7 Å². The highest BCUT2D eigenvalue weighted by Gasteiger charge is 2.42. The van der Waals surface area contributed by atoms with Crippen molar-refractivity contribution >= 4 is 11.7 Å². The number of carboxylic acids is 1. The second kappa shape index (κ2) is 5.70. The minimum absolute atomic E-state index is 0.142. The van der Waals surface area contributed by atoms with Gasteiger partial charge in [-0.2, -0.15) is 0 Å². The van der Waals surface area contributed by atoms with Crippen molar-refractivity contribution in [1.82, 2.24) is 0 Å². The average molecular weight is 289 g/mol. The van der Waals surface area contributed by atoms with Crippen LogP contribution in [0.1, 0.15) is 64.0 Å². The molecule has 1 heterocycles. The molecule has 1 N–H and O–H groups in total. The predicted octanol–water partition coefficient (Wildman–Crippen LogP) is 4.34. The first kappa shape index (κ1) is 15.9. The minimum atomic E-state index is -0.714. The number of carbonyl (C=O) groups is 1. The summed E-state index contributed by atoms with van der Waals surface area (Å²) in [6.45, 7) is 10.7. The second-order valence-corrected chi connectivity index (χ2v) is 6.94. The maximum Gasteiger partial charge on any atom is 0.326 e. The van der Waals surface area contributed by atoms with Crippen molar-refractivity contribution < 1.29 is 9.90 Å². The fraction of sp³-hybridized carbons (Fsp3) is 0.611. The largest absolute Gasteiger partial charge is 0.480 e. The monoisotopic (exact) mass is 289 g/mol. The van der Waals surface area contributed by atoms with Crippen LogP contribution in [0.4, 0.5) is 5.69 Å². The molecule has 0 saturated carbocycles. The summed E-state index contributed by atoms with van der Waals surface area (Å²) in [6.07, 6.45) is 2.54. The first-order valence-corrected chi connectivity index (χ1v) is 7.91. The number of hydrogen-bond donors (Lipinski definition) is 1. The van der Waals surface area contributed by atoms with E-state index in [0.717, 1.165) is 18.5 Å². The predicted molar refractivity (Wildman–Crippen MR) is 87.1 cm³/mol. The molecule has 1 aliphatic rings. The van der Waals surface area contributed by atoms with Crippen LogP contribution in [0.5, 0.6) is 0 Å². The van der Waals surface area contributed by atoms with Crippen LogP contribution < -0.4 is 4.90 Å². The van der Waals surface area contributed by atoms with Crippen LogP contribution in [-0.2, 0) is 4.79 Å². The van der Waals surface area contributed by atoms with E-state index in [2.05, 4.69) is 50.8 Å². The van der Waals surface area contributed by atoms with E-state index < -0.39 is 12.0 Å². The van der Waals surface area contributed by atoms with Gasteiger partial charge in [0.05, 0.1) is 0 Å². The zero-order valence-corrected chi connectivity index (χ0v) is 13.8. The highest BCUT2D eigenvalue weighted by Crippen LogP contribution is 2.46. The van der Waals surface area contributed by atoms with Gasteiger partial charge in [0.2, 0.25) is 0 Å². The number of fused-ring (bicyclic) bond motifs is 1. The third kappa shape index (κ3) is 2.78. The Labute approximate surface area is 128 Å². The number of benzene rings is 1. The van der Waals surface area contributed by atoms with Gasteiger partial charge in [-0.15, -0.1) is 0 Å². The van der Waals surface area contributed by atoms with Crippen molar-refractivity contribution in [2.45, 2.75) is 71.4 Å². The number of para-hydroxylation sites is 1. The van der Waals surface area contributed by atoms with Crippen molar-refractivity contribution in [3.05, 3.63) is 29.3 Å². The molecular weight excluding hydrogens is 262 g/mol. The Morgan fingerprint density at radius 2 is 2.14 bits per heavy atom. The van der Waals surface area contributed by atoms with Crippen LogP contribution in [0.15, 0.2) is 18.2 Å². The van der Waals surface area contributed by atoms with Gasteiger partial charge in [0, 0.05) is 11.2 Å². The van der Waals surface area contributed by atoms with E-state index in [9.17, 15) is 9.90 Å². The van der Waals surface area contributed by atoms with Crippen LogP contribution in [0.2, 0.25) is 0 Å². The number of carboxylic acid groups (broad SMARTS) is 1. The molecule has 1 aliphatic heterocycles. The van der Waals surface area contributed by atoms with Gasteiger partial charge in [0.15, 0.2) is 0 Å². The first-order chi connectivity index (χ1) is 9.79. The Balaban J connectivity index is 2.62. The van der Waals surface area contributed by atoms with E-state index in [-0.39, 0.29) is 5.54 Å². The molecule has 0 radical (unpaired) electrons. The zero-order chi connectivity index (χ0) is 15.8. The molecule has 1 aromatic rings. The van der Waals surface area contributed by atoms with Gasteiger partial charge in [-0.1, -0.05) is 38.5 Å². The molecule has 0 fully saturated rings. The molecule has 116 valence electrons. The molecule has 0 aromatic heterocycles. The maximum atomic E-state index is 11.8. The van der Waals surface area contributed by atoms with E-state index >= 15 is 0 Å². The van der Waals surface area contributed by atoms with E-state index in [0.29, 0.717) is 12.3 Å². The van der Waals surface area contributed by atoms with Gasteiger partial charge in [-0.25, -0.2) is 4.79 Å². The summed E-state index contributed by atoms with van der Waals surface area (Å²) in [6, 6.07) is 5.87. The quantitative estimate of drug-likeness (QED) is 0.896. The van der Waals surface area contributed by atoms with E-state index in [1.165, 1.54) is 11.1 Å². The lowest BCUT2D eigenvalue weighted by Gasteiger charge is -2.50. The number of rotatable bonds is 4. The second-order valence-electron chi connectivity index (χ2n) is 6.94. The SMILES string of the molecule is CCC[C@@H](C(=O)O)N1c2c(C)cccc2[C@@H](C)CC1(C)C. The molecule has 1 aromatic carbocycles. The van der Waals surface area contributed by atoms with E-state index in [4.69, 9.17) is 0 Å². The highest BCUT2D eigenvalue weighted by molar-refractivity contribution is 5.81. The third-order valence-electron chi connectivity index (χ3n) is 4.66. The summed E-state index contributed by atoms with van der Waals surface area (Å²) in [7, 11) is 0. The van der Waals surface area contributed by atoms with Crippen LogP contribution in [0, 0.1) is 6.92 Å². The summed E-state index contributed by atoms with van der Waals surface area (Å²) < 4.78 is 0. The van der Waals surface area contributed by atoms with Gasteiger partial charge < -0.3 is 10.0 Å². The lowest BCUT2D eigenvalue weighted by Crippen LogP contribution is -2.56. The average Bonchev–Trinajstić information content (AvgIpc) is 2.37. The van der Waals surface area contributed by atoms with Crippen LogP contribution in [0.25, 0.3) is 0 Å². The molecule has 3 nitrogen and oxygen atoms in total. The molecule has 2 atom stereocenters. The number of nitrogens with zero attached hydrogens (tertiary/aromatic N) is 1. The Morgan fingerprint density at radius 3 is 2.71 bits per heavy atom. The highest BCUT2D eigenvalue weighted by atomic mass is 16.4. The van der Waals surface area contributed by atoms with Crippen molar-refractivity contribution in [1.29, 1.82) is 0 Å². The first-order valence-electron chi connectivity index (χ1n) is 7.91. The Hall–Kier alpha value is -1.51. The number of aliphatic carboxylic acids is 1. The van der Waals surface area contributed by atoms with Crippen LogP contribution in [0.3, 0.4) is 0 Å². The van der Waals surface area contributed by atoms with Crippen molar-refractivity contribution in [3.8, 4) is 0 Å². The molecule has 21 heavy (non-hydrogen) atoms. The molecule has 0 saturated heterocycles. The molecule has 0 amide bonds. The molecule has 0 spiro atoms. The fourth-order valence-electron chi connectivity index (χ4n) is 3.88. The molecule has 2 rings (SSSR count). The van der Waals surface area contributed by atoms with Crippen molar-refractivity contribution in [3.63, 3.8) is 0 Å². The summed E-state index contributed by atoms with van der Waals surface area (Å²) >= 11 is 0. The summed E-state index contributed by atoms with van der Waals surface area (Å²) in [5.74, 6) is -0.254. The van der Waals surface area contributed by atoms with Gasteiger partial charge in [0.1, 0.15) is 6.04 Å². The van der Waals surface area contributed by atoms with E-state index in [1.807, 2.05) is 6.92 Å². The standard InChI is InChI=1S/C18H27NO2/c1-6-8-15(17(20)21)19-16-12(2)9-7-10-14(16)13(3)11-18(19,4)5/h7,9-10,13,15H,6,8,11H2,1-5H3,(H,20,21)/t13-,15-/m0/s1. The Bertz CT molecular complexity index is 536. The molecule has 0 bridgehead atoms. The Morgan fingerprint density at radius 1 is 1.48 bits per heavy atom. The van der Waals surface area contributed by atoms with Crippen molar-refractivity contribution in [2.75, 3.05) is 4.90 Å². The summed E-state index contributed by atoms with van der Waals surface area (Å²) in [5.41, 5.74) is 3.46. The molecule has 3 heteroatoms. The van der Waals surface area contributed by atoms with Crippen LogP contribution >= 0.6 is 0 Å². The molecule has 0 unspecified atom stereocenters. The topological polar surface area (TPSA) is 40.5 Å². The normalized spacial score (nSPS) is 21.8. The fourth-order valence-corrected chi connectivity index (χ4v) is 3.88. The van der Waals surface area contributed by atoms with Gasteiger partial charge in [0.25, 0.3) is 0 Å². The van der Waals surface area contributed by atoms with Gasteiger partial charge in [-0.3, -0.25) is 0 Å². The Kier molecular flexibility index (Phi) is 4.31. The number of anilines is 1. The number of aryl methyl sites for hydroxylation is 1. The summed E-state index contributed by atoms with van der Waals surface area (Å²) in [5, 5.41) is 9.73. The zero-order valence-electron chi connectivity index (χ0n) is 13.8. The number of hydrogen-bond acceptors (Lipinski definition) is 2. The van der Waals surface area contributed by atoms with Gasteiger partial charge in [-0.05, 0) is 50.7 Å². The minimum Gasteiger partial charge on any atom is -0.480 e. The molecule has 0 aliphatic carbocycles. The lowest BCUT2D eigenvalue weighted by atomic mass is 9.78. The maximum absolute atomic E-state index is 11.8. The van der Waals surface area contributed by atoms with Crippen molar-refractivity contribution in [2.24, 2.45) is 0 Å². The van der Waals surface area contributed by atoms with Gasteiger partial charge >= 0.3 is 5.97 Å². The van der Waals surface area contributed by atoms with E-state index in [1.54, 1.807) is 0 Å².